The Morgan fingerprint density at radius 2 is 1.88 bits per heavy atom. The van der Waals surface area contributed by atoms with E-state index in [9.17, 15) is 4.79 Å². The first kappa shape index (κ1) is 15.4. The van der Waals surface area contributed by atoms with Gasteiger partial charge in [0.15, 0.2) is 5.78 Å². The van der Waals surface area contributed by atoms with Crippen LogP contribution in [0.2, 0.25) is 0 Å². The van der Waals surface area contributed by atoms with Crippen LogP contribution in [0.3, 0.4) is 0 Å². The largest absolute Gasteiger partial charge is 0.295 e. The molecular formula is C23H32O. The molecule has 0 bridgehead atoms. The van der Waals surface area contributed by atoms with Crippen LogP contribution in [-0.4, -0.2) is 5.78 Å². The normalized spacial score (nSPS) is 48.3. The fraction of sp³-hybridized carbons (Fsp3) is 0.783. The molecule has 1 spiro atoms. The van der Waals surface area contributed by atoms with E-state index in [4.69, 9.17) is 0 Å². The van der Waals surface area contributed by atoms with Gasteiger partial charge in [-0.05, 0) is 91.4 Å². The van der Waals surface area contributed by atoms with Crippen molar-refractivity contribution in [3.8, 4) is 0 Å². The van der Waals surface area contributed by atoms with E-state index in [2.05, 4.69) is 32.9 Å². The maximum Gasteiger partial charge on any atom is 0.155 e. The van der Waals surface area contributed by atoms with Crippen molar-refractivity contribution in [3.05, 3.63) is 23.3 Å². The highest BCUT2D eigenvalue weighted by molar-refractivity contribution is 5.92. The van der Waals surface area contributed by atoms with Crippen molar-refractivity contribution in [2.75, 3.05) is 0 Å². The van der Waals surface area contributed by atoms with E-state index in [1.165, 1.54) is 44.9 Å². The minimum atomic E-state index is 0.323. The Bertz CT molecular complexity index is 664. The molecule has 0 aromatic rings. The van der Waals surface area contributed by atoms with Gasteiger partial charge in [0.05, 0.1) is 0 Å². The number of carbonyl (C=O) groups is 1. The molecule has 0 N–H and O–H groups in total. The Balaban J connectivity index is 1.57. The molecule has 0 radical (unpaired) electrons. The molecule has 3 saturated carbocycles. The van der Waals surface area contributed by atoms with Gasteiger partial charge in [-0.15, -0.1) is 0 Å². The highest BCUT2D eigenvalue weighted by Gasteiger charge is 2.65. The summed E-state index contributed by atoms with van der Waals surface area (Å²) in [5.41, 5.74) is 4.58. The molecule has 0 saturated heterocycles. The van der Waals surface area contributed by atoms with Crippen molar-refractivity contribution in [1.29, 1.82) is 0 Å². The SMILES string of the molecule is CCC1=CCC2C3CC4(CC4)C4=CC(=O)CCC4(C)C3CCC12C. The first-order chi connectivity index (χ1) is 11.4. The molecule has 1 heteroatoms. The number of hydrogen-bond acceptors (Lipinski definition) is 1. The summed E-state index contributed by atoms with van der Waals surface area (Å²) in [6, 6.07) is 0. The van der Waals surface area contributed by atoms with E-state index < -0.39 is 0 Å². The van der Waals surface area contributed by atoms with Crippen LogP contribution < -0.4 is 0 Å². The number of hydrogen-bond donors (Lipinski definition) is 0. The highest BCUT2D eigenvalue weighted by Crippen LogP contribution is 2.74. The Labute approximate surface area is 147 Å². The van der Waals surface area contributed by atoms with Crippen molar-refractivity contribution in [2.24, 2.45) is 34.0 Å². The Morgan fingerprint density at radius 3 is 2.58 bits per heavy atom. The van der Waals surface area contributed by atoms with Crippen molar-refractivity contribution in [1.82, 2.24) is 0 Å². The van der Waals surface area contributed by atoms with E-state index in [1.54, 1.807) is 11.1 Å². The molecule has 1 nitrogen and oxygen atoms in total. The minimum absolute atomic E-state index is 0.323. The van der Waals surface area contributed by atoms with Gasteiger partial charge in [-0.1, -0.05) is 38.0 Å². The molecule has 5 unspecified atom stereocenters. The number of fused-ring (bicyclic) bond motifs is 6. The van der Waals surface area contributed by atoms with Crippen LogP contribution in [0.1, 0.15) is 78.6 Å². The summed E-state index contributed by atoms with van der Waals surface area (Å²) in [6.45, 7) is 7.46. The quantitative estimate of drug-likeness (QED) is 0.553. The first-order valence-corrected chi connectivity index (χ1v) is 10.4. The van der Waals surface area contributed by atoms with E-state index in [0.717, 1.165) is 30.6 Å². The van der Waals surface area contributed by atoms with E-state index in [1.807, 2.05) is 0 Å². The smallest absolute Gasteiger partial charge is 0.155 e. The summed E-state index contributed by atoms with van der Waals surface area (Å²) in [6.07, 6.45) is 16.0. The zero-order valence-electron chi connectivity index (χ0n) is 15.7. The Kier molecular flexibility index (Phi) is 2.99. The molecule has 0 aromatic heterocycles. The van der Waals surface area contributed by atoms with Gasteiger partial charge in [0.2, 0.25) is 0 Å². The summed E-state index contributed by atoms with van der Waals surface area (Å²) in [7, 11) is 0. The average Bonchev–Trinajstić information content (AvgIpc) is 3.23. The van der Waals surface area contributed by atoms with Crippen LogP contribution in [0.25, 0.3) is 0 Å². The van der Waals surface area contributed by atoms with E-state index >= 15 is 0 Å². The molecule has 0 aromatic carbocycles. The third kappa shape index (κ3) is 1.75. The molecule has 5 aliphatic rings. The van der Waals surface area contributed by atoms with Crippen LogP contribution in [0, 0.1) is 34.0 Å². The summed E-state index contributed by atoms with van der Waals surface area (Å²) >= 11 is 0. The lowest BCUT2D eigenvalue weighted by atomic mass is 9.44. The maximum absolute atomic E-state index is 12.2. The number of allylic oxidation sites excluding steroid dienone is 4. The molecule has 5 rings (SSSR count). The first-order valence-electron chi connectivity index (χ1n) is 10.4. The van der Waals surface area contributed by atoms with Gasteiger partial charge < -0.3 is 0 Å². The van der Waals surface area contributed by atoms with E-state index in [0.29, 0.717) is 22.0 Å². The monoisotopic (exact) mass is 324 g/mol. The van der Waals surface area contributed by atoms with Gasteiger partial charge in [0.1, 0.15) is 0 Å². The third-order valence-corrected chi connectivity index (χ3v) is 9.24. The average molecular weight is 325 g/mol. The third-order valence-electron chi connectivity index (χ3n) is 9.24. The van der Waals surface area contributed by atoms with Gasteiger partial charge in [-0.3, -0.25) is 4.79 Å². The van der Waals surface area contributed by atoms with Crippen LogP contribution in [0.4, 0.5) is 0 Å². The van der Waals surface area contributed by atoms with Gasteiger partial charge in [0, 0.05) is 6.42 Å². The lowest BCUT2D eigenvalue weighted by Crippen LogP contribution is -2.52. The highest BCUT2D eigenvalue weighted by atomic mass is 16.1. The number of ketones is 1. The van der Waals surface area contributed by atoms with Gasteiger partial charge in [-0.2, -0.15) is 0 Å². The summed E-state index contributed by atoms with van der Waals surface area (Å²) in [4.78, 5) is 12.2. The number of carbonyl (C=O) groups excluding carboxylic acids is 1. The van der Waals surface area contributed by atoms with Gasteiger partial charge in [0.25, 0.3) is 0 Å². The lowest BCUT2D eigenvalue weighted by molar-refractivity contribution is -0.118. The maximum atomic E-state index is 12.2. The summed E-state index contributed by atoms with van der Waals surface area (Å²) in [5.74, 6) is 3.00. The fourth-order valence-electron chi connectivity index (χ4n) is 7.81. The second kappa shape index (κ2) is 4.65. The van der Waals surface area contributed by atoms with E-state index in [-0.39, 0.29) is 0 Å². The molecular weight excluding hydrogens is 292 g/mol. The minimum Gasteiger partial charge on any atom is -0.295 e. The fourth-order valence-corrected chi connectivity index (χ4v) is 7.81. The van der Waals surface area contributed by atoms with Crippen molar-refractivity contribution >= 4 is 5.78 Å². The molecule has 0 aliphatic heterocycles. The molecule has 5 aliphatic carbocycles. The van der Waals surface area contributed by atoms with Crippen molar-refractivity contribution in [3.63, 3.8) is 0 Å². The van der Waals surface area contributed by atoms with Crippen LogP contribution in [-0.2, 0) is 4.79 Å². The second-order valence-electron chi connectivity index (χ2n) is 10.1. The molecule has 130 valence electrons. The predicted octanol–water partition coefficient (Wildman–Crippen LogP) is 5.85. The zero-order chi connectivity index (χ0) is 16.7. The topological polar surface area (TPSA) is 17.1 Å². The second-order valence-corrected chi connectivity index (χ2v) is 10.1. The van der Waals surface area contributed by atoms with Crippen LogP contribution >= 0.6 is 0 Å². The molecule has 0 heterocycles. The molecule has 5 atom stereocenters. The van der Waals surface area contributed by atoms with Gasteiger partial charge in [-0.25, -0.2) is 0 Å². The van der Waals surface area contributed by atoms with Crippen molar-refractivity contribution < 1.29 is 4.79 Å². The Morgan fingerprint density at radius 1 is 1.08 bits per heavy atom. The molecule has 0 amide bonds. The van der Waals surface area contributed by atoms with Crippen LogP contribution in [0.5, 0.6) is 0 Å². The molecule has 3 fully saturated rings. The van der Waals surface area contributed by atoms with Crippen LogP contribution in [0.15, 0.2) is 23.3 Å². The Hall–Kier alpha value is -0.850. The summed E-state index contributed by atoms with van der Waals surface area (Å²) in [5, 5.41) is 0. The zero-order valence-corrected chi connectivity index (χ0v) is 15.7. The summed E-state index contributed by atoms with van der Waals surface area (Å²) < 4.78 is 0. The standard InChI is InChI=1S/C23H32O/c1-4-15-5-6-18-17-14-23(11-12-23)20-13-16(24)7-9-22(20,3)19(17)8-10-21(15,18)2/h5,13,17-19H,4,6-12,14H2,1-3H3. The number of rotatable bonds is 1. The predicted molar refractivity (Wildman–Crippen MR) is 97.5 cm³/mol. The van der Waals surface area contributed by atoms with Crippen molar-refractivity contribution in [2.45, 2.75) is 78.6 Å². The van der Waals surface area contributed by atoms with Gasteiger partial charge >= 0.3 is 0 Å². The lowest BCUT2D eigenvalue weighted by Gasteiger charge is -2.60. The molecule has 24 heavy (non-hydrogen) atoms.